The van der Waals surface area contributed by atoms with E-state index in [9.17, 15) is 10.1 Å². The fourth-order valence-electron chi connectivity index (χ4n) is 4.60. The van der Waals surface area contributed by atoms with E-state index >= 15 is 0 Å². The maximum Gasteiger partial charge on any atom is 0.255 e. The Labute approximate surface area is 228 Å². The van der Waals surface area contributed by atoms with E-state index in [1.165, 1.54) is 0 Å². The van der Waals surface area contributed by atoms with Crippen molar-refractivity contribution in [1.29, 1.82) is 5.26 Å². The third-order valence-corrected chi connectivity index (χ3v) is 7.05. The Hall–Kier alpha value is -4.48. The molecule has 0 aliphatic carbocycles. The SMILES string of the molecule is Cc1ccc(NC(=O)c2cccc(C(C)C#N)c2)cc1-n1cc(-c2cnccc2OCC2CCOCC2)cn1. The number of aryl methyl sites for hydroxylation is 1. The lowest BCUT2D eigenvalue weighted by Gasteiger charge is -2.22. The molecular weight excluding hydrogens is 490 g/mol. The van der Waals surface area contributed by atoms with Gasteiger partial charge >= 0.3 is 0 Å². The zero-order valence-corrected chi connectivity index (χ0v) is 22.1. The summed E-state index contributed by atoms with van der Waals surface area (Å²) in [5, 5.41) is 16.8. The van der Waals surface area contributed by atoms with Gasteiger partial charge in [0.1, 0.15) is 5.75 Å². The zero-order valence-electron chi connectivity index (χ0n) is 22.1. The lowest BCUT2D eigenvalue weighted by Crippen LogP contribution is -2.21. The number of benzene rings is 2. The van der Waals surface area contributed by atoms with Gasteiger partial charge in [-0.05, 0) is 74.1 Å². The minimum absolute atomic E-state index is 0.236. The zero-order chi connectivity index (χ0) is 27.2. The summed E-state index contributed by atoms with van der Waals surface area (Å²) in [6, 6.07) is 17.0. The fourth-order valence-corrected chi connectivity index (χ4v) is 4.60. The molecule has 2 aromatic heterocycles. The van der Waals surface area contributed by atoms with E-state index in [2.05, 4.69) is 21.5 Å². The number of aromatic nitrogens is 3. The molecule has 5 rings (SSSR count). The lowest BCUT2D eigenvalue weighted by molar-refractivity contribution is 0.0498. The van der Waals surface area contributed by atoms with Crippen molar-refractivity contribution in [2.45, 2.75) is 32.6 Å². The minimum atomic E-state index is -0.287. The van der Waals surface area contributed by atoms with Gasteiger partial charge in [-0.2, -0.15) is 10.4 Å². The topological polar surface area (TPSA) is 102 Å². The maximum atomic E-state index is 13.0. The van der Waals surface area contributed by atoms with Gasteiger partial charge < -0.3 is 14.8 Å². The molecule has 1 atom stereocenters. The molecule has 8 nitrogen and oxygen atoms in total. The van der Waals surface area contributed by atoms with Gasteiger partial charge in [0.25, 0.3) is 5.91 Å². The van der Waals surface area contributed by atoms with Crippen LogP contribution < -0.4 is 10.1 Å². The second-order valence-corrected chi connectivity index (χ2v) is 9.84. The summed E-state index contributed by atoms with van der Waals surface area (Å²) in [4.78, 5) is 17.3. The molecule has 8 heteroatoms. The Bertz CT molecular complexity index is 1500. The monoisotopic (exact) mass is 521 g/mol. The number of nitrogens with zero attached hydrogens (tertiary/aromatic N) is 4. The Morgan fingerprint density at radius 3 is 2.87 bits per heavy atom. The van der Waals surface area contributed by atoms with Crippen LogP contribution in [0.1, 0.15) is 47.2 Å². The van der Waals surface area contributed by atoms with E-state index in [1.54, 1.807) is 41.5 Å². The molecule has 2 aromatic carbocycles. The number of ether oxygens (including phenoxy) is 2. The van der Waals surface area contributed by atoms with Gasteiger partial charge in [0.2, 0.25) is 0 Å². The van der Waals surface area contributed by atoms with Crippen LogP contribution in [0.25, 0.3) is 16.8 Å². The third-order valence-electron chi connectivity index (χ3n) is 7.05. The standard InChI is InChI=1S/C31H31N5O3/c1-21-6-7-27(35-31(37)25-5-3-4-24(14-25)22(2)16-32)15-29(21)36-19-26(17-34-36)28-18-33-11-8-30(28)39-20-23-9-12-38-13-10-23/h3-8,11,14-15,17-19,22-23H,9-10,12-13,20H2,1-2H3,(H,35,37). The predicted molar refractivity (Wildman–Crippen MR) is 149 cm³/mol. The average molecular weight is 522 g/mol. The van der Waals surface area contributed by atoms with Crippen LogP contribution in [0.2, 0.25) is 0 Å². The van der Waals surface area contributed by atoms with Crippen LogP contribution in [0, 0.1) is 24.2 Å². The molecule has 1 unspecified atom stereocenters. The molecule has 1 aliphatic heterocycles. The number of nitrogens with one attached hydrogen (secondary N) is 1. The minimum Gasteiger partial charge on any atom is -0.493 e. The van der Waals surface area contributed by atoms with Crippen LogP contribution >= 0.6 is 0 Å². The van der Waals surface area contributed by atoms with Crippen molar-refractivity contribution in [2.75, 3.05) is 25.1 Å². The molecule has 0 bridgehead atoms. The van der Waals surface area contributed by atoms with Gasteiger partial charge in [0, 0.05) is 54.2 Å². The molecule has 1 aliphatic rings. The summed E-state index contributed by atoms with van der Waals surface area (Å²) in [7, 11) is 0. The molecule has 1 N–H and O–H groups in total. The molecule has 1 saturated heterocycles. The van der Waals surface area contributed by atoms with Crippen molar-refractivity contribution < 1.29 is 14.3 Å². The summed E-state index contributed by atoms with van der Waals surface area (Å²) in [6.45, 7) is 6.04. The van der Waals surface area contributed by atoms with Gasteiger partial charge in [0.15, 0.2) is 0 Å². The van der Waals surface area contributed by atoms with Crippen LogP contribution in [0.3, 0.4) is 0 Å². The number of nitriles is 1. The highest BCUT2D eigenvalue weighted by molar-refractivity contribution is 6.04. The normalized spacial score (nSPS) is 14.4. The van der Waals surface area contributed by atoms with Crippen molar-refractivity contribution in [3.8, 4) is 28.6 Å². The van der Waals surface area contributed by atoms with E-state index < -0.39 is 0 Å². The summed E-state index contributed by atoms with van der Waals surface area (Å²) >= 11 is 0. The fraction of sp³-hybridized carbons (Fsp3) is 0.290. The van der Waals surface area contributed by atoms with Crippen LogP contribution in [0.15, 0.2) is 73.3 Å². The first-order chi connectivity index (χ1) is 19.0. The van der Waals surface area contributed by atoms with Crippen LogP contribution in [0.5, 0.6) is 5.75 Å². The first-order valence-corrected chi connectivity index (χ1v) is 13.1. The van der Waals surface area contributed by atoms with Crippen LogP contribution in [-0.4, -0.2) is 40.5 Å². The molecule has 198 valence electrons. The van der Waals surface area contributed by atoms with E-state index in [0.29, 0.717) is 23.8 Å². The van der Waals surface area contributed by atoms with Crippen LogP contribution in [0.4, 0.5) is 5.69 Å². The van der Waals surface area contributed by atoms with E-state index in [0.717, 1.165) is 59.7 Å². The highest BCUT2D eigenvalue weighted by atomic mass is 16.5. The van der Waals surface area contributed by atoms with Crippen molar-refractivity contribution in [2.24, 2.45) is 5.92 Å². The quantitative estimate of drug-likeness (QED) is 0.308. The van der Waals surface area contributed by atoms with Crippen LogP contribution in [-0.2, 0) is 4.74 Å². The summed E-state index contributed by atoms with van der Waals surface area (Å²) in [6.07, 6.45) is 9.29. The van der Waals surface area contributed by atoms with Crippen molar-refractivity contribution in [3.05, 3.63) is 90.0 Å². The number of carbonyl (C=O) groups excluding carboxylic acids is 1. The Morgan fingerprint density at radius 1 is 1.21 bits per heavy atom. The summed E-state index contributed by atoms with van der Waals surface area (Å²) in [5.74, 6) is 0.743. The largest absolute Gasteiger partial charge is 0.493 e. The number of anilines is 1. The molecule has 1 amide bonds. The molecule has 0 spiro atoms. The Kier molecular flexibility index (Phi) is 7.99. The number of hydrogen-bond donors (Lipinski definition) is 1. The maximum absolute atomic E-state index is 13.0. The second kappa shape index (κ2) is 11.9. The van der Waals surface area contributed by atoms with Crippen molar-refractivity contribution >= 4 is 11.6 Å². The van der Waals surface area contributed by atoms with Crippen molar-refractivity contribution in [3.63, 3.8) is 0 Å². The predicted octanol–water partition coefficient (Wildman–Crippen LogP) is 5.93. The number of hydrogen-bond acceptors (Lipinski definition) is 6. The number of rotatable bonds is 8. The highest BCUT2D eigenvalue weighted by Gasteiger charge is 2.17. The molecule has 0 radical (unpaired) electrons. The van der Waals surface area contributed by atoms with E-state index in [-0.39, 0.29) is 11.8 Å². The molecule has 3 heterocycles. The van der Waals surface area contributed by atoms with E-state index in [4.69, 9.17) is 9.47 Å². The summed E-state index contributed by atoms with van der Waals surface area (Å²) < 4.78 is 13.5. The molecule has 0 saturated carbocycles. The second-order valence-electron chi connectivity index (χ2n) is 9.84. The Morgan fingerprint density at radius 2 is 2.05 bits per heavy atom. The van der Waals surface area contributed by atoms with Crippen molar-refractivity contribution in [1.82, 2.24) is 14.8 Å². The molecule has 4 aromatic rings. The van der Waals surface area contributed by atoms with Gasteiger partial charge in [-0.15, -0.1) is 0 Å². The molecular formula is C31H31N5O3. The Balaban J connectivity index is 1.34. The van der Waals surface area contributed by atoms with Gasteiger partial charge in [0.05, 0.1) is 30.5 Å². The lowest BCUT2D eigenvalue weighted by atomic mass is 10.0. The van der Waals surface area contributed by atoms with E-state index in [1.807, 2.05) is 50.4 Å². The third kappa shape index (κ3) is 6.16. The number of pyridine rings is 1. The highest BCUT2D eigenvalue weighted by Crippen LogP contribution is 2.31. The number of amides is 1. The smallest absolute Gasteiger partial charge is 0.255 e. The van der Waals surface area contributed by atoms with Gasteiger partial charge in [-0.25, -0.2) is 4.68 Å². The molecule has 1 fully saturated rings. The molecule has 39 heavy (non-hydrogen) atoms. The van der Waals surface area contributed by atoms with Gasteiger partial charge in [-0.3, -0.25) is 9.78 Å². The number of carbonyl (C=O) groups is 1. The first-order valence-electron chi connectivity index (χ1n) is 13.1. The first kappa shape index (κ1) is 26.1. The van der Waals surface area contributed by atoms with Gasteiger partial charge in [-0.1, -0.05) is 18.2 Å². The summed E-state index contributed by atoms with van der Waals surface area (Å²) in [5.41, 5.74) is 5.59. The average Bonchev–Trinajstić information content (AvgIpc) is 3.47.